The van der Waals surface area contributed by atoms with Gasteiger partial charge >= 0.3 is 0 Å². The first kappa shape index (κ1) is 30.1. The van der Waals surface area contributed by atoms with Crippen molar-refractivity contribution in [2.75, 3.05) is 31.5 Å². The Morgan fingerprint density at radius 1 is 0.750 bits per heavy atom. The lowest BCUT2D eigenvalue weighted by atomic mass is 10.1. The third kappa shape index (κ3) is 7.17. The highest BCUT2D eigenvalue weighted by Gasteiger charge is 2.19. The normalized spacial score (nSPS) is 10.8. The molecule has 3 aromatic heterocycles. The van der Waals surface area contributed by atoms with Crippen molar-refractivity contribution in [2.45, 2.75) is 33.4 Å². The van der Waals surface area contributed by atoms with Crippen LogP contribution in [0.4, 0.5) is 21.8 Å². The van der Waals surface area contributed by atoms with Crippen LogP contribution in [-0.4, -0.2) is 46.2 Å². The van der Waals surface area contributed by atoms with Crippen LogP contribution in [0.1, 0.15) is 29.4 Å². The molecule has 5 rings (SSSR count). The van der Waals surface area contributed by atoms with Gasteiger partial charge in [-0.1, -0.05) is 31.2 Å². The summed E-state index contributed by atoms with van der Waals surface area (Å²) < 4.78 is 30.1. The summed E-state index contributed by atoms with van der Waals surface area (Å²) in [4.78, 5) is 25.2. The van der Waals surface area contributed by atoms with Gasteiger partial charge in [-0.2, -0.15) is 9.97 Å². The van der Waals surface area contributed by atoms with E-state index in [-0.39, 0.29) is 5.88 Å². The van der Waals surface area contributed by atoms with Gasteiger partial charge in [-0.25, -0.2) is 19.3 Å². The minimum atomic E-state index is -0.588. The molecule has 44 heavy (non-hydrogen) atoms. The summed E-state index contributed by atoms with van der Waals surface area (Å²) in [5.74, 6) is 2.84. The highest BCUT2D eigenvalue weighted by Crippen LogP contribution is 2.30. The number of hydrogen-bond donors (Lipinski definition) is 1. The molecule has 0 aliphatic carbocycles. The summed E-state index contributed by atoms with van der Waals surface area (Å²) in [6.45, 7) is 4.95. The van der Waals surface area contributed by atoms with Gasteiger partial charge in [-0.05, 0) is 60.4 Å². The molecule has 0 saturated carbocycles. The molecule has 0 fully saturated rings. The first-order chi connectivity index (χ1) is 21.4. The molecule has 5 aromatic rings. The van der Waals surface area contributed by atoms with E-state index in [1.54, 1.807) is 20.4 Å². The Bertz CT molecular complexity index is 1670. The smallest absolute Gasteiger partial charge is 0.250 e. The van der Waals surface area contributed by atoms with Gasteiger partial charge in [0.25, 0.3) is 0 Å². The third-order valence-electron chi connectivity index (χ3n) is 6.94. The fraction of sp³-hybridized carbons (Fsp3) is 0.242. The molecule has 10 nitrogen and oxygen atoms in total. The molecule has 0 aliphatic heterocycles. The molecule has 0 radical (unpaired) electrons. The fourth-order valence-electron chi connectivity index (χ4n) is 4.58. The largest absolute Gasteiger partial charge is 0.497 e. The standard InChI is InChI=1S/C33H34FN7O3/c1-6-22-15-28(30(35-17-22)39-25-16-29(34)32(44-5)36-18-25)31-37-21(2)38-33(40-31)41(19-23-7-11-26(42-3)12-8-23)20-24-9-13-27(43-4)14-10-24/h7-18H,6,19-20H2,1-5H3,(H,35,39). The number of pyridine rings is 2. The van der Waals surface area contributed by atoms with Gasteiger partial charge in [0.05, 0.1) is 38.8 Å². The number of nitrogens with zero attached hydrogens (tertiary/aromatic N) is 6. The van der Waals surface area contributed by atoms with E-state index in [9.17, 15) is 4.39 Å². The second-order valence-corrected chi connectivity index (χ2v) is 9.99. The van der Waals surface area contributed by atoms with Crippen LogP contribution >= 0.6 is 0 Å². The van der Waals surface area contributed by atoms with Gasteiger partial charge in [-0.3, -0.25) is 0 Å². The molecule has 0 amide bonds. The average Bonchev–Trinajstić information content (AvgIpc) is 3.05. The number of nitrogens with one attached hydrogen (secondary N) is 1. The van der Waals surface area contributed by atoms with Crippen molar-refractivity contribution in [3.05, 3.63) is 101 Å². The molecule has 0 saturated heterocycles. The van der Waals surface area contributed by atoms with Crippen molar-refractivity contribution in [3.8, 4) is 28.8 Å². The first-order valence-corrected chi connectivity index (χ1v) is 14.1. The number of aryl methyl sites for hydroxylation is 2. The number of halogens is 1. The third-order valence-corrected chi connectivity index (χ3v) is 6.94. The van der Waals surface area contributed by atoms with E-state index in [1.165, 1.54) is 19.4 Å². The van der Waals surface area contributed by atoms with E-state index < -0.39 is 5.82 Å². The maximum Gasteiger partial charge on any atom is 0.250 e. The summed E-state index contributed by atoms with van der Waals surface area (Å²) in [7, 11) is 4.66. The SMILES string of the molecule is CCc1cnc(Nc2cnc(OC)c(F)c2)c(-c2nc(C)nc(N(Cc3ccc(OC)cc3)Cc3ccc(OC)cc3)n2)c1. The van der Waals surface area contributed by atoms with Crippen molar-refractivity contribution in [1.29, 1.82) is 0 Å². The van der Waals surface area contributed by atoms with Crippen molar-refractivity contribution < 1.29 is 18.6 Å². The van der Waals surface area contributed by atoms with Gasteiger partial charge in [0.2, 0.25) is 11.8 Å². The first-order valence-electron chi connectivity index (χ1n) is 14.1. The minimum Gasteiger partial charge on any atom is -0.497 e. The monoisotopic (exact) mass is 595 g/mol. The molecule has 0 unspecified atom stereocenters. The summed E-state index contributed by atoms with van der Waals surface area (Å²) in [6, 6.07) is 19.1. The van der Waals surface area contributed by atoms with Gasteiger partial charge in [0, 0.05) is 25.4 Å². The maximum absolute atomic E-state index is 14.4. The van der Waals surface area contributed by atoms with Gasteiger partial charge in [0.1, 0.15) is 23.1 Å². The average molecular weight is 596 g/mol. The summed E-state index contributed by atoms with van der Waals surface area (Å²) in [6.07, 6.45) is 4.02. The summed E-state index contributed by atoms with van der Waals surface area (Å²) in [5, 5.41) is 3.18. The van der Waals surface area contributed by atoms with Crippen LogP contribution in [0, 0.1) is 12.7 Å². The van der Waals surface area contributed by atoms with Crippen molar-refractivity contribution in [1.82, 2.24) is 24.9 Å². The van der Waals surface area contributed by atoms with Crippen molar-refractivity contribution >= 4 is 17.5 Å². The zero-order valence-electron chi connectivity index (χ0n) is 25.3. The highest BCUT2D eigenvalue weighted by molar-refractivity contribution is 5.75. The lowest BCUT2D eigenvalue weighted by Gasteiger charge is -2.24. The zero-order chi connectivity index (χ0) is 31.1. The van der Waals surface area contributed by atoms with Gasteiger partial charge < -0.3 is 24.4 Å². The van der Waals surface area contributed by atoms with Gasteiger partial charge in [-0.15, -0.1) is 0 Å². The molecule has 226 valence electrons. The molecular formula is C33H34FN7O3. The molecule has 0 bridgehead atoms. The number of methoxy groups -OCH3 is 3. The molecule has 0 aliphatic rings. The van der Waals surface area contributed by atoms with E-state index in [2.05, 4.69) is 20.2 Å². The van der Waals surface area contributed by atoms with E-state index in [0.29, 0.717) is 47.8 Å². The predicted molar refractivity (Wildman–Crippen MR) is 167 cm³/mol. The fourth-order valence-corrected chi connectivity index (χ4v) is 4.58. The highest BCUT2D eigenvalue weighted by atomic mass is 19.1. The number of ether oxygens (including phenoxy) is 3. The van der Waals surface area contributed by atoms with E-state index >= 15 is 0 Å². The zero-order valence-corrected chi connectivity index (χ0v) is 25.3. The molecule has 2 aromatic carbocycles. The Kier molecular flexibility index (Phi) is 9.43. The van der Waals surface area contributed by atoms with Crippen LogP contribution < -0.4 is 24.4 Å². The quantitative estimate of drug-likeness (QED) is 0.176. The Morgan fingerprint density at radius 2 is 1.39 bits per heavy atom. The van der Waals surface area contributed by atoms with Crippen LogP contribution in [-0.2, 0) is 19.5 Å². The number of rotatable bonds is 12. The van der Waals surface area contributed by atoms with Crippen LogP contribution in [0.25, 0.3) is 11.4 Å². The molecule has 1 N–H and O–H groups in total. The topological polar surface area (TPSA) is 107 Å². The van der Waals surface area contributed by atoms with Gasteiger partial charge in [0.15, 0.2) is 11.6 Å². The minimum absolute atomic E-state index is 0.0865. The summed E-state index contributed by atoms with van der Waals surface area (Å²) in [5.41, 5.74) is 4.18. The second kappa shape index (κ2) is 13.8. The van der Waals surface area contributed by atoms with E-state index in [1.807, 2.05) is 68.4 Å². The number of benzene rings is 2. The predicted octanol–water partition coefficient (Wildman–Crippen LogP) is 6.31. The maximum atomic E-state index is 14.4. The molecule has 3 heterocycles. The van der Waals surface area contributed by atoms with Crippen LogP contribution in [0.2, 0.25) is 0 Å². The Labute approximate surface area is 255 Å². The molecule has 0 atom stereocenters. The second-order valence-electron chi connectivity index (χ2n) is 9.99. The van der Waals surface area contributed by atoms with Crippen LogP contribution in [0.15, 0.2) is 73.1 Å². The molecule has 11 heteroatoms. The van der Waals surface area contributed by atoms with Crippen LogP contribution in [0.3, 0.4) is 0 Å². The number of aromatic nitrogens is 5. The van der Waals surface area contributed by atoms with Crippen molar-refractivity contribution in [2.24, 2.45) is 0 Å². The Morgan fingerprint density at radius 3 is 1.93 bits per heavy atom. The van der Waals surface area contributed by atoms with E-state index in [0.717, 1.165) is 34.6 Å². The lowest BCUT2D eigenvalue weighted by Crippen LogP contribution is -2.25. The number of hydrogen-bond acceptors (Lipinski definition) is 10. The van der Waals surface area contributed by atoms with Crippen LogP contribution in [0.5, 0.6) is 17.4 Å². The molecule has 0 spiro atoms. The molecular weight excluding hydrogens is 561 g/mol. The Balaban J connectivity index is 1.55. The number of anilines is 3. The summed E-state index contributed by atoms with van der Waals surface area (Å²) >= 11 is 0. The van der Waals surface area contributed by atoms with E-state index in [4.69, 9.17) is 29.2 Å². The van der Waals surface area contributed by atoms with Crippen molar-refractivity contribution in [3.63, 3.8) is 0 Å². The lowest BCUT2D eigenvalue weighted by molar-refractivity contribution is 0.369. The Hall–Kier alpha value is -5.32.